The maximum absolute atomic E-state index is 13.2. The van der Waals surface area contributed by atoms with E-state index >= 15 is 0 Å². The number of carbonyl (C=O) groups excluding carboxylic acids is 1. The molecule has 0 spiro atoms. The molecule has 0 atom stereocenters. The summed E-state index contributed by atoms with van der Waals surface area (Å²) in [6.45, 7) is 0.232. The molecule has 8 nitrogen and oxygen atoms in total. The van der Waals surface area contributed by atoms with Crippen molar-refractivity contribution in [3.05, 3.63) is 58.7 Å². The Labute approximate surface area is 200 Å². The van der Waals surface area contributed by atoms with Crippen LogP contribution in [0.5, 0.6) is 11.5 Å². The molecule has 6 rings (SSSR count). The summed E-state index contributed by atoms with van der Waals surface area (Å²) in [4.78, 5) is 13.2. The molecule has 174 valence electrons. The summed E-state index contributed by atoms with van der Waals surface area (Å²) in [5.41, 5.74) is 5.66. The fourth-order valence-corrected chi connectivity index (χ4v) is 5.26. The van der Waals surface area contributed by atoms with Gasteiger partial charge >= 0.3 is 0 Å². The van der Waals surface area contributed by atoms with E-state index in [0.717, 1.165) is 39.4 Å². The predicted octanol–water partition coefficient (Wildman–Crippen LogP) is 3.76. The van der Waals surface area contributed by atoms with Crippen molar-refractivity contribution < 1.29 is 19.4 Å². The van der Waals surface area contributed by atoms with E-state index in [0.29, 0.717) is 24.3 Å². The SMILES string of the molecule is COc1cc2c(cc1-c1ccn(C)c1)-c1c(c(C(=O)NC3CC(O)C3)nn1-c1ccsc1)CO2. The van der Waals surface area contributed by atoms with Gasteiger partial charge in [0.05, 0.1) is 24.6 Å². The molecule has 0 bridgehead atoms. The fourth-order valence-electron chi connectivity index (χ4n) is 4.64. The number of aliphatic hydroxyl groups excluding tert-OH is 1. The first kappa shape index (κ1) is 21.0. The van der Waals surface area contributed by atoms with E-state index in [-0.39, 0.29) is 24.7 Å². The lowest BCUT2D eigenvalue weighted by molar-refractivity contribution is 0.0559. The van der Waals surface area contributed by atoms with E-state index in [2.05, 4.69) is 11.4 Å². The molecule has 2 N–H and O–H groups in total. The van der Waals surface area contributed by atoms with Gasteiger partial charge in [0.25, 0.3) is 5.91 Å². The summed E-state index contributed by atoms with van der Waals surface area (Å²) in [5.74, 6) is 1.16. The van der Waals surface area contributed by atoms with Gasteiger partial charge < -0.3 is 24.5 Å². The van der Waals surface area contributed by atoms with E-state index in [1.54, 1.807) is 18.4 Å². The number of nitrogens with one attached hydrogen (secondary N) is 1. The van der Waals surface area contributed by atoms with Crippen LogP contribution in [-0.4, -0.2) is 44.6 Å². The van der Waals surface area contributed by atoms with Gasteiger partial charge in [-0.25, -0.2) is 4.68 Å². The molecule has 1 fully saturated rings. The van der Waals surface area contributed by atoms with Gasteiger partial charge in [-0.1, -0.05) is 0 Å². The Morgan fingerprint density at radius 1 is 1.29 bits per heavy atom. The number of hydrogen-bond donors (Lipinski definition) is 2. The molecule has 0 saturated heterocycles. The van der Waals surface area contributed by atoms with Crippen LogP contribution in [0.15, 0.2) is 47.4 Å². The highest BCUT2D eigenvalue weighted by Crippen LogP contribution is 2.46. The Morgan fingerprint density at radius 3 is 2.82 bits per heavy atom. The smallest absolute Gasteiger partial charge is 0.272 e. The van der Waals surface area contributed by atoms with E-state index in [9.17, 15) is 9.90 Å². The minimum absolute atomic E-state index is 0.0322. The number of rotatable bonds is 5. The van der Waals surface area contributed by atoms with Gasteiger partial charge in [-0.2, -0.15) is 16.4 Å². The Morgan fingerprint density at radius 2 is 2.15 bits per heavy atom. The molecular formula is C25H24N4O4S. The molecule has 4 aromatic rings. The molecule has 0 radical (unpaired) electrons. The van der Waals surface area contributed by atoms with Crippen molar-refractivity contribution in [2.24, 2.45) is 7.05 Å². The van der Waals surface area contributed by atoms with Crippen molar-refractivity contribution in [3.8, 4) is 39.6 Å². The molecule has 1 amide bonds. The van der Waals surface area contributed by atoms with Gasteiger partial charge in [-0.3, -0.25) is 4.79 Å². The number of aliphatic hydroxyl groups is 1. The summed E-state index contributed by atoms with van der Waals surface area (Å²) in [6, 6.07) is 7.95. The minimum Gasteiger partial charge on any atom is -0.496 e. The average Bonchev–Trinajstić information content (AvgIpc) is 3.56. The lowest BCUT2D eigenvalue weighted by Gasteiger charge is -2.31. The van der Waals surface area contributed by atoms with Crippen LogP contribution in [-0.2, 0) is 13.7 Å². The summed E-state index contributed by atoms with van der Waals surface area (Å²) in [7, 11) is 3.63. The zero-order valence-electron chi connectivity index (χ0n) is 18.8. The van der Waals surface area contributed by atoms with Gasteiger partial charge in [0, 0.05) is 59.2 Å². The first-order valence-corrected chi connectivity index (χ1v) is 12.1. The average molecular weight is 477 g/mol. The lowest BCUT2D eigenvalue weighted by Crippen LogP contribution is -2.47. The normalized spacial score (nSPS) is 18.4. The number of aromatic nitrogens is 3. The summed E-state index contributed by atoms with van der Waals surface area (Å²) >= 11 is 1.57. The molecular weight excluding hydrogens is 452 g/mol. The zero-order chi connectivity index (χ0) is 23.4. The quantitative estimate of drug-likeness (QED) is 0.458. The van der Waals surface area contributed by atoms with Crippen molar-refractivity contribution in [1.29, 1.82) is 0 Å². The number of fused-ring (bicyclic) bond motifs is 3. The molecule has 9 heteroatoms. The van der Waals surface area contributed by atoms with Crippen LogP contribution in [0.25, 0.3) is 28.1 Å². The van der Waals surface area contributed by atoms with Crippen molar-refractivity contribution in [2.45, 2.75) is 31.6 Å². The maximum atomic E-state index is 13.2. The van der Waals surface area contributed by atoms with Crippen LogP contribution in [0.4, 0.5) is 0 Å². The van der Waals surface area contributed by atoms with Gasteiger partial charge in [0.1, 0.15) is 18.1 Å². The van der Waals surface area contributed by atoms with Crippen LogP contribution < -0.4 is 14.8 Å². The van der Waals surface area contributed by atoms with Gasteiger partial charge in [0.2, 0.25) is 0 Å². The highest BCUT2D eigenvalue weighted by atomic mass is 32.1. The Hall–Kier alpha value is -3.56. The number of benzene rings is 1. The van der Waals surface area contributed by atoms with Crippen LogP contribution in [0.3, 0.4) is 0 Å². The third-order valence-corrected chi connectivity index (χ3v) is 7.14. The highest BCUT2D eigenvalue weighted by Gasteiger charge is 2.34. The molecule has 1 aliphatic carbocycles. The second-order valence-electron chi connectivity index (χ2n) is 8.77. The van der Waals surface area contributed by atoms with Gasteiger partial charge in [-0.15, -0.1) is 0 Å². The molecule has 3 aromatic heterocycles. The first-order chi connectivity index (χ1) is 16.5. The number of ether oxygens (including phenoxy) is 2. The minimum atomic E-state index is -0.343. The topological polar surface area (TPSA) is 90.5 Å². The Bertz CT molecular complexity index is 1380. The third-order valence-electron chi connectivity index (χ3n) is 6.47. The number of hydrogen-bond acceptors (Lipinski definition) is 6. The lowest BCUT2D eigenvalue weighted by atomic mass is 9.89. The van der Waals surface area contributed by atoms with Gasteiger partial charge in [-0.05, 0) is 36.4 Å². The summed E-state index contributed by atoms with van der Waals surface area (Å²) in [5, 5.41) is 21.3. The van der Waals surface area contributed by atoms with E-state index in [4.69, 9.17) is 14.6 Å². The molecule has 2 aliphatic rings. The van der Waals surface area contributed by atoms with Crippen LogP contribution >= 0.6 is 11.3 Å². The van der Waals surface area contributed by atoms with E-state index in [1.165, 1.54) is 0 Å². The molecule has 1 aliphatic heterocycles. The number of carbonyl (C=O) groups is 1. The number of nitrogens with zero attached hydrogens (tertiary/aromatic N) is 3. The van der Waals surface area contributed by atoms with Crippen molar-refractivity contribution in [3.63, 3.8) is 0 Å². The second kappa shape index (κ2) is 8.03. The Balaban J connectivity index is 1.51. The molecule has 1 saturated carbocycles. The van der Waals surface area contributed by atoms with Crippen LogP contribution in [0, 0.1) is 0 Å². The standard InChI is InChI=1S/C25H24N4O4S/c1-28-5-3-14(11-28)18-9-19-22(10-21(18)32-2)33-12-20-23(25(31)26-15-7-17(30)8-15)27-29(24(19)20)16-4-6-34-13-16/h3-6,9-11,13,15,17,30H,7-8,12H2,1-2H3,(H,26,31). The number of thiophene rings is 1. The monoisotopic (exact) mass is 476 g/mol. The Kier molecular flexibility index (Phi) is 4.96. The largest absolute Gasteiger partial charge is 0.496 e. The third kappa shape index (κ3) is 3.39. The number of aryl methyl sites for hydroxylation is 1. The molecule has 4 heterocycles. The number of methoxy groups -OCH3 is 1. The molecule has 1 aromatic carbocycles. The number of amides is 1. The summed E-state index contributed by atoms with van der Waals surface area (Å²) in [6.07, 6.45) is 4.82. The fraction of sp³-hybridized carbons (Fsp3) is 0.280. The maximum Gasteiger partial charge on any atom is 0.272 e. The van der Waals surface area contributed by atoms with Crippen molar-refractivity contribution in [2.75, 3.05) is 7.11 Å². The van der Waals surface area contributed by atoms with Crippen molar-refractivity contribution >= 4 is 17.2 Å². The second-order valence-corrected chi connectivity index (χ2v) is 9.55. The molecule has 0 unspecified atom stereocenters. The van der Waals surface area contributed by atoms with Crippen LogP contribution in [0.2, 0.25) is 0 Å². The van der Waals surface area contributed by atoms with E-state index in [1.807, 2.05) is 57.6 Å². The molecule has 34 heavy (non-hydrogen) atoms. The highest BCUT2D eigenvalue weighted by molar-refractivity contribution is 7.08. The zero-order valence-corrected chi connectivity index (χ0v) is 19.6. The first-order valence-electron chi connectivity index (χ1n) is 11.1. The van der Waals surface area contributed by atoms with Crippen LogP contribution in [0.1, 0.15) is 28.9 Å². The predicted molar refractivity (Wildman–Crippen MR) is 129 cm³/mol. The van der Waals surface area contributed by atoms with Gasteiger partial charge in [0.15, 0.2) is 5.69 Å². The summed E-state index contributed by atoms with van der Waals surface area (Å²) < 4.78 is 15.6. The van der Waals surface area contributed by atoms with Crippen molar-refractivity contribution in [1.82, 2.24) is 19.7 Å². The van der Waals surface area contributed by atoms with E-state index < -0.39 is 0 Å².